The number of carbonyl (C=O) groups is 5. The summed E-state index contributed by atoms with van der Waals surface area (Å²) in [5.41, 5.74) is 1.53. The first-order valence-electron chi connectivity index (χ1n) is 18.4. The number of carbonyl (C=O) groups excluding carboxylic acids is 5. The van der Waals surface area contributed by atoms with Crippen LogP contribution in [-0.2, 0) is 23.9 Å². The van der Waals surface area contributed by atoms with Crippen molar-refractivity contribution in [2.45, 2.75) is 15.9 Å². The first-order valence-corrected chi connectivity index (χ1v) is 20.3. The third-order valence-electron chi connectivity index (χ3n) is 8.60. The predicted molar refractivity (Wildman–Crippen MR) is 217 cm³/mol. The van der Waals surface area contributed by atoms with E-state index in [1.807, 2.05) is 29.2 Å². The minimum absolute atomic E-state index is 0.102. The van der Waals surface area contributed by atoms with Crippen molar-refractivity contribution in [1.29, 1.82) is 0 Å². The van der Waals surface area contributed by atoms with Crippen LogP contribution >= 0.6 is 23.5 Å². The number of nitrogens with one attached hydrogen (secondary N) is 4. The number of ether oxygens (including phenoxy) is 4. The zero-order chi connectivity index (χ0) is 39.8. The van der Waals surface area contributed by atoms with Crippen molar-refractivity contribution in [2.24, 2.45) is 0 Å². The van der Waals surface area contributed by atoms with E-state index in [9.17, 15) is 24.0 Å². The Kier molecular flexibility index (Phi) is 15.2. The van der Waals surface area contributed by atoms with Crippen molar-refractivity contribution in [2.75, 3.05) is 81.3 Å². The number of hydrogen-bond donors (Lipinski definition) is 4. The molecule has 16 heteroatoms. The number of anilines is 2. The zero-order valence-electron chi connectivity index (χ0n) is 31.0. The third-order valence-corrected chi connectivity index (χ3v) is 11.0. The lowest BCUT2D eigenvalue weighted by Crippen LogP contribution is -2.41. The molecule has 4 N–H and O–H groups in total. The molecule has 4 amide bonds. The molecule has 0 aliphatic carbocycles. The second kappa shape index (κ2) is 21.1. The van der Waals surface area contributed by atoms with Crippen LogP contribution in [0.2, 0.25) is 0 Å². The predicted octanol–water partition coefficient (Wildman–Crippen LogP) is 4.32. The highest BCUT2D eigenvalue weighted by Gasteiger charge is 2.22. The van der Waals surface area contributed by atoms with Crippen LogP contribution in [0.3, 0.4) is 0 Å². The molecule has 57 heavy (non-hydrogen) atoms. The quantitative estimate of drug-likeness (QED) is 0.216. The molecule has 2 aliphatic heterocycles. The Morgan fingerprint density at radius 3 is 1.61 bits per heavy atom. The fourth-order valence-corrected chi connectivity index (χ4v) is 7.95. The molecule has 6 rings (SSSR count). The van der Waals surface area contributed by atoms with Gasteiger partial charge in [-0.3, -0.25) is 28.9 Å². The number of para-hydroxylation sites is 4. The van der Waals surface area contributed by atoms with Gasteiger partial charge in [-0.1, -0.05) is 48.5 Å². The van der Waals surface area contributed by atoms with E-state index in [1.54, 1.807) is 72.8 Å². The summed E-state index contributed by atoms with van der Waals surface area (Å²) in [5, 5.41) is 11.3. The van der Waals surface area contributed by atoms with Crippen LogP contribution in [0, 0.1) is 0 Å². The van der Waals surface area contributed by atoms with Crippen molar-refractivity contribution < 1.29 is 42.9 Å². The Hall–Kier alpha value is -5.55. The van der Waals surface area contributed by atoms with Gasteiger partial charge in [-0.05, 0) is 48.5 Å². The van der Waals surface area contributed by atoms with Crippen LogP contribution in [0.15, 0.2) is 107 Å². The van der Waals surface area contributed by atoms with Crippen molar-refractivity contribution in [3.8, 4) is 11.5 Å². The topological polar surface area (TPSA) is 174 Å². The molecule has 2 heterocycles. The number of fused-ring (bicyclic) bond motifs is 4. The van der Waals surface area contributed by atoms with E-state index in [2.05, 4.69) is 21.3 Å². The minimum Gasteiger partial charge on any atom is -0.483 e. The molecule has 0 radical (unpaired) electrons. The van der Waals surface area contributed by atoms with Gasteiger partial charge in [0.1, 0.15) is 17.6 Å². The van der Waals surface area contributed by atoms with Crippen LogP contribution in [0.1, 0.15) is 20.7 Å². The van der Waals surface area contributed by atoms with Gasteiger partial charge in [0.2, 0.25) is 0 Å². The fourth-order valence-electron chi connectivity index (χ4n) is 5.80. The smallest absolute Gasteiger partial charge is 0.320 e. The standard InChI is InChI=1S/C41H43N5O9S2/c47-37-24-53-33-13-5-1-9-29(33)40(50)42-17-18-43-41(51)30-10-2-6-14-34(30)54-25-38(48)45-32-12-4-8-16-36(32)57-27-28(26-56-35-15-7-3-11-31(35)44-37)55-39(49)23-46-19-21-52-22-20-46/h1-16,28H,17-27H2,(H,42,50)(H,43,51)(H,44,47)(H,45,48). The van der Waals surface area contributed by atoms with Gasteiger partial charge in [0.15, 0.2) is 13.2 Å². The number of morpholine rings is 1. The van der Waals surface area contributed by atoms with Gasteiger partial charge in [0, 0.05) is 47.5 Å². The first kappa shape index (κ1) is 41.1. The number of amides is 4. The van der Waals surface area contributed by atoms with Crippen molar-refractivity contribution in [1.82, 2.24) is 15.5 Å². The average molecular weight is 814 g/mol. The van der Waals surface area contributed by atoms with E-state index in [0.717, 1.165) is 9.79 Å². The van der Waals surface area contributed by atoms with Crippen LogP contribution in [0.25, 0.3) is 0 Å². The summed E-state index contributed by atoms with van der Waals surface area (Å²) in [4.78, 5) is 69.3. The fraction of sp³-hybridized carbons (Fsp3) is 0.293. The number of benzene rings is 4. The van der Waals surface area contributed by atoms with Crippen LogP contribution in [0.5, 0.6) is 11.5 Å². The molecule has 4 aromatic carbocycles. The molecule has 1 saturated heterocycles. The van der Waals surface area contributed by atoms with E-state index in [1.165, 1.54) is 23.5 Å². The lowest BCUT2D eigenvalue weighted by molar-refractivity contribution is -0.149. The van der Waals surface area contributed by atoms with E-state index in [-0.39, 0.29) is 61.4 Å². The summed E-state index contributed by atoms with van der Waals surface area (Å²) < 4.78 is 23.1. The maximum atomic E-state index is 13.2. The van der Waals surface area contributed by atoms with Gasteiger partial charge < -0.3 is 40.2 Å². The SMILES string of the molecule is O=C1COc2ccccc2C(=O)NCCNC(=O)c2ccccc2OCC(=O)Nc2ccccc2SCC(OC(=O)CN2CCOCC2)CSc2ccccc2N1. The molecule has 0 spiro atoms. The number of rotatable bonds is 3. The monoisotopic (exact) mass is 813 g/mol. The molecule has 298 valence electrons. The molecular weight excluding hydrogens is 771 g/mol. The number of thioether (sulfide) groups is 2. The maximum Gasteiger partial charge on any atom is 0.320 e. The van der Waals surface area contributed by atoms with E-state index in [4.69, 9.17) is 18.9 Å². The molecule has 0 atom stereocenters. The van der Waals surface area contributed by atoms with Gasteiger partial charge >= 0.3 is 5.97 Å². The Balaban J connectivity index is 1.22. The highest BCUT2D eigenvalue weighted by molar-refractivity contribution is 8.00. The largest absolute Gasteiger partial charge is 0.483 e. The summed E-state index contributed by atoms with van der Waals surface area (Å²) in [6.45, 7) is 1.97. The van der Waals surface area contributed by atoms with Gasteiger partial charge in [-0.2, -0.15) is 0 Å². The van der Waals surface area contributed by atoms with Crippen molar-refractivity contribution >= 4 is 64.5 Å². The molecular formula is C41H43N5O9S2. The van der Waals surface area contributed by atoms with Crippen LogP contribution < -0.4 is 30.7 Å². The van der Waals surface area contributed by atoms with Gasteiger partial charge in [-0.15, -0.1) is 23.5 Å². The van der Waals surface area contributed by atoms with Crippen molar-refractivity contribution in [3.05, 3.63) is 108 Å². The molecule has 14 nitrogen and oxygen atoms in total. The molecule has 0 aromatic heterocycles. The Labute approximate surface area is 338 Å². The molecule has 0 unspecified atom stereocenters. The molecule has 0 bridgehead atoms. The first-order chi connectivity index (χ1) is 27.8. The van der Waals surface area contributed by atoms with Gasteiger partial charge in [-0.25, -0.2) is 0 Å². The van der Waals surface area contributed by atoms with Crippen molar-refractivity contribution in [3.63, 3.8) is 0 Å². The molecule has 1 fully saturated rings. The van der Waals surface area contributed by atoms with Crippen LogP contribution in [-0.4, -0.2) is 111 Å². The van der Waals surface area contributed by atoms with Crippen LogP contribution in [0.4, 0.5) is 11.4 Å². The summed E-state index contributed by atoms with van der Waals surface area (Å²) in [5.74, 6) is -0.987. The van der Waals surface area contributed by atoms with E-state index < -0.39 is 29.7 Å². The zero-order valence-corrected chi connectivity index (χ0v) is 32.7. The molecule has 4 aromatic rings. The lowest BCUT2D eigenvalue weighted by Gasteiger charge is -2.26. The third kappa shape index (κ3) is 12.5. The number of esters is 1. The summed E-state index contributed by atoms with van der Waals surface area (Å²) in [7, 11) is 0. The summed E-state index contributed by atoms with van der Waals surface area (Å²) in [6, 6.07) is 27.7. The highest BCUT2D eigenvalue weighted by Crippen LogP contribution is 2.32. The number of nitrogens with zero attached hydrogens (tertiary/aromatic N) is 1. The maximum absolute atomic E-state index is 13.2. The van der Waals surface area contributed by atoms with E-state index >= 15 is 0 Å². The second-order valence-corrected chi connectivity index (χ2v) is 14.9. The minimum atomic E-state index is -0.555. The normalized spacial score (nSPS) is 17.2. The Morgan fingerprint density at radius 2 is 1.11 bits per heavy atom. The second-order valence-electron chi connectivity index (χ2n) is 12.8. The molecule has 0 saturated carbocycles. The molecule has 2 aliphatic rings. The lowest BCUT2D eigenvalue weighted by atomic mass is 10.2. The number of hydrogen-bond acceptors (Lipinski definition) is 12. The van der Waals surface area contributed by atoms with Gasteiger partial charge in [0.25, 0.3) is 23.6 Å². The average Bonchev–Trinajstić information content (AvgIpc) is 3.23. The summed E-state index contributed by atoms with van der Waals surface area (Å²) >= 11 is 2.85. The Bertz CT molecular complexity index is 1920. The summed E-state index contributed by atoms with van der Waals surface area (Å²) in [6.07, 6.45) is -0.555. The van der Waals surface area contributed by atoms with Gasteiger partial charge in [0.05, 0.1) is 42.3 Å². The Morgan fingerprint density at radius 1 is 0.649 bits per heavy atom. The van der Waals surface area contributed by atoms with E-state index in [0.29, 0.717) is 49.2 Å². The highest BCUT2D eigenvalue weighted by atomic mass is 32.2.